The van der Waals surface area contributed by atoms with Crippen molar-refractivity contribution in [2.45, 2.75) is 25.9 Å². The number of hydrogen-bond donors (Lipinski definition) is 1. The lowest BCUT2D eigenvalue weighted by Gasteiger charge is -2.11. The zero-order valence-electron chi connectivity index (χ0n) is 8.50. The highest BCUT2D eigenvalue weighted by Crippen LogP contribution is 2.27. The third kappa shape index (κ3) is 4.05. The monoisotopic (exact) mass is 333 g/mol. The molecule has 1 heterocycles. The fourth-order valence-corrected chi connectivity index (χ4v) is 2.44. The van der Waals surface area contributed by atoms with Crippen molar-refractivity contribution in [3.8, 4) is 0 Å². The first-order valence-electron chi connectivity index (χ1n) is 4.64. The summed E-state index contributed by atoms with van der Waals surface area (Å²) in [6.45, 7) is 5.76. The van der Waals surface area contributed by atoms with Gasteiger partial charge in [-0.25, -0.2) is 0 Å². The third-order valence-corrected chi connectivity index (χ3v) is 3.07. The Morgan fingerprint density at radius 3 is 2.80 bits per heavy atom. The van der Waals surface area contributed by atoms with E-state index >= 15 is 0 Å². The topological polar surface area (TPSA) is 33.1 Å². The average Bonchev–Trinajstić information content (AvgIpc) is 2.14. The minimum atomic E-state index is -0.538. The molecule has 0 aliphatic heterocycles. The molecule has 1 rings (SSSR count). The molecule has 0 spiro atoms. The molecule has 1 N–H and O–H groups in total. The molecule has 15 heavy (non-hydrogen) atoms. The van der Waals surface area contributed by atoms with Crippen LogP contribution in [0.4, 0.5) is 0 Å². The molecule has 0 saturated carbocycles. The minimum Gasteiger partial charge on any atom is -0.387 e. The maximum atomic E-state index is 9.89. The molecule has 0 saturated heterocycles. The highest BCUT2D eigenvalue weighted by molar-refractivity contribution is 9.11. The summed E-state index contributed by atoms with van der Waals surface area (Å²) in [6, 6.07) is 1.88. The molecule has 0 aliphatic carbocycles. The predicted molar refractivity (Wildman–Crippen MR) is 68.6 cm³/mol. The van der Waals surface area contributed by atoms with Crippen LogP contribution in [0.1, 0.15) is 31.6 Å². The Balaban J connectivity index is 2.73. The van der Waals surface area contributed by atoms with Crippen LogP contribution in [0.2, 0.25) is 0 Å². The van der Waals surface area contributed by atoms with Gasteiger partial charge in [0.05, 0.1) is 11.8 Å². The number of halogens is 2. The zero-order chi connectivity index (χ0) is 11.4. The molecule has 2 nitrogen and oxygen atoms in total. The van der Waals surface area contributed by atoms with Gasteiger partial charge >= 0.3 is 0 Å². The number of aliphatic hydroxyl groups is 1. The highest BCUT2D eigenvalue weighted by Gasteiger charge is 2.12. The molecule has 0 fully saturated rings. The smallest absolute Gasteiger partial charge is 0.0974 e. The molecule has 0 radical (unpaired) electrons. The van der Waals surface area contributed by atoms with Crippen molar-refractivity contribution in [3.05, 3.63) is 39.1 Å². The van der Waals surface area contributed by atoms with Crippen molar-refractivity contribution in [1.29, 1.82) is 0 Å². The number of hydrogen-bond acceptors (Lipinski definition) is 2. The quantitative estimate of drug-likeness (QED) is 0.844. The summed E-state index contributed by atoms with van der Waals surface area (Å²) in [6.07, 6.45) is 2.61. The summed E-state index contributed by atoms with van der Waals surface area (Å²) in [5.41, 5.74) is 1.75. The second kappa shape index (κ2) is 5.77. The van der Waals surface area contributed by atoms with Gasteiger partial charge in [0.15, 0.2) is 0 Å². The van der Waals surface area contributed by atoms with Crippen LogP contribution in [0.5, 0.6) is 0 Å². The number of aliphatic hydroxyl groups excluding tert-OH is 1. The lowest BCUT2D eigenvalue weighted by atomic mass is 10.1. The van der Waals surface area contributed by atoms with E-state index in [1.54, 1.807) is 6.20 Å². The summed E-state index contributed by atoms with van der Waals surface area (Å²) in [7, 11) is 0. The van der Waals surface area contributed by atoms with Crippen molar-refractivity contribution in [3.63, 3.8) is 0 Å². The molecule has 0 amide bonds. The minimum absolute atomic E-state index is 0.538. The van der Waals surface area contributed by atoms with E-state index in [0.29, 0.717) is 12.1 Å². The number of pyridine rings is 1. The maximum Gasteiger partial charge on any atom is 0.0974 e. The number of nitrogens with zero attached hydrogens (tertiary/aromatic N) is 1. The lowest BCUT2D eigenvalue weighted by molar-refractivity contribution is 0.162. The van der Waals surface area contributed by atoms with Crippen LogP contribution in [0.25, 0.3) is 0 Å². The number of allylic oxidation sites excluding steroid dienone is 1. The van der Waals surface area contributed by atoms with E-state index in [4.69, 9.17) is 0 Å². The highest BCUT2D eigenvalue weighted by atomic mass is 79.9. The van der Waals surface area contributed by atoms with Crippen LogP contribution < -0.4 is 0 Å². The molecule has 0 aliphatic rings. The van der Waals surface area contributed by atoms with Crippen molar-refractivity contribution in [2.75, 3.05) is 0 Å². The van der Waals surface area contributed by atoms with E-state index < -0.39 is 6.10 Å². The lowest BCUT2D eigenvalue weighted by Crippen LogP contribution is -2.01. The first-order valence-corrected chi connectivity index (χ1v) is 6.22. The largest absolute Gasteiger partial charge is 0.387 e. The molecule has 1 unspecified atom stereocenters. The van der Waals surface area contributed by atoms with Gasteiger partial charge < -0.3 is 5.11 Å². The Bertz CT molecular complexity index is 366. The van der Waals surface area contributed by atoms with Crippen molar-refractivity contribution >= 4 is 31.9 Å². The van der Waals surface area contributed by atoms with Crippen molar-refractivity contribution in [2.24, 2.45) is 0 Å². The Hall–Kier alpha value is -0.190. The Morgan fingerprint density at radius 2 is 2.27 bits per heavy atom. The summed E-state index contributed by atoms with van der Waals surface area (Å²) >= 11 is 6.70. The third-order valence-electron chi connectivity index (χ3n) is 2.00. The zero-order valence-corrected chi connectivity index (χ0v) is 11.7. The van der Waals surface area contributed by atoms with Gasteiger partial charge in [-0.1, -0.05) is 5.57 Å². The molecule has 4 heteroatoms. The molecule has 1 aromatic heterocycles. The SMILES string of the molecule is C=C(C)CCC(O)c1ncc(Br)cc1Br. The molecule has 0 aromatic carbocycles. The van der Waals surface area contributed by atoms with Crippen LogP contribution >= 0.6 is 31.9 Å². The fourth-order valence-electron chi connectivity index (χ4n) is 1.19. The molecule has 82 valence electrons. The molecule has 0 bridgehead atoms. The van der Waals surface area contributed by atoms with Gasteiger partial charge in [0.25, 0.3) is 0 Å². The Labute approximate surface area is 107 Å². The van der Waals surface area contributed by atoms with Crippen LogP contribution in [0.3, 0.4) is 0 Å². The van der Waals surface area contributed by atoms with E-state index in [0.717, 1.165) is 20.9 Å². The van der Waals surface area contributed by atoms with Gasteiger partial charge in [-0.15, -0.1) is 6.58 Å². The fraction of sp³-hybridized carbons (Fsp3) is 0.364. The van der Waals surface area contributed by atoms with Crippen LogP contribution in [-0.2, 0) is 0 Å². The number of rotatable bonds is 4. The van der Waals surface area contributed by atoms with Gasteiger partial charge in [-0.2, -0.15) is 0 Å². The Morgan fingerprint density at radius 1 is 1.60 bits per heavy atom. The summed E-state index contributed by atoms with van der Waals surface area (Å²) in [4.78, 5) is 4.18. The maximum absolute atomic E-state index is 9.89. The molecule has 1 aromatic rings. The van der Waals surface area contributed by atoms with Crippen molar-refractivity contribution in [1.82, 2.24) is 4.98 Å². The van der Waals surface area contributed by atoms with E-state index in [1.165, 1.54) is 0 Å². The standard InChI is InChI=1S/C11H13Br2NO/c1-7(2)3-4-10(15)11-9(13)5-8(12)6-14-11/h5-6,10,15H,1,3-4H2,2H3. The van der Waals surface area contributed by atoms with Gasteiger partial charge in [0.1, 0.15) is 0 Å². The summed E-state index contributed by atoms with van der Waals surface area (Å²) < 4.78 is 1.72. The van der Waals surface area contributed by atoms with Gasteiger partial charge in [-0.3, -0.25) is 4.98 Å². The first kappa shape index (κ1) is 12.9. The van der Waals surface area contributed by atoms with Crippen LogP contribution in [0.15, 0.2) is 33.4 Å². The van der Waals surface area contributed by atoms with E-state index in [2.05, 4.69) is 43.4 Å². The van der Waals surface area contributed by atoms with Crippen molar-refractivity contribution < 1.29 is 5.11 Å². The average molecular weight is 335 g/mol. The van der Waals surface area contributed by atoms with E-state index in [-0.39, 0.29) is 0 Å². The predicted octanol–water partition coefficient (Wildman–Crippen LogP) is 4.00. The van der Waals surface area contributed by atoms with Crippen LogP contribution in [0, 0.1) is 0 Å². The van der Waals surface area contributed by atoms with Gasteiger partial charge in [-0.05, 0) is 57.7 Å². The van der Waals surface area contributed by atoms with E-state index in [1.807, 2.05) is 13.0 Å². The first-order chi connectivity index (χ1) is 7.00. The molecular weight excluding hydrogens is 322 g/mol. The summed E-state index contributed by atoms with van der Waals surface area (Å²) in [5.74, 6) is 0. The molecule has 1 atom stereocenters. The van der Waals surface area contributed by atoms with Crippen LogP contribution in [-0.4, -0.2) is 10.1 Å². The van der Waals surface area contributed by atoms with E-state index in [9.17, 15) is 5.11 Å². The Kier molecular flexibility index (Phi) is 4.96. The second-order valence-corrected chi connectivity index (χ2v) is 5.30. The second-order valence-electron chi connectivity index (χ2n) is 3.53. The normalized spacial score (nSPS) is 12.5. The van der Waals surface area contributed by atoms with Gasteiger partial charge in [0.2, 0.25) is 0 Å². The number of aromatic nitrogens is 1. The molecular formula is C11H13Br2NO. The summed E-state index contributed by atoms with van der Waals surface area (Å²) in [5, 5.41) is 9.89. The van der Waals surface area contributed by atoms with Gasteiger partial charge in [0, 0.05) is 15.1 Å².